The molecule has 0 aromatic heterocycles. The first kappa shape index (κ1) is 13.2. The smallest absolute Gasteiger partial charge is 0.0499 e. The Labute approximate surface area is 99.0 Å². The number of hydrogen-bond donors (Lipinski definition) is 1. The summed E-state index contributed by atoms with van der Waals surface area (Å²) < 4.78 is 5.12. The van der Waals surface area contributed by atoms with Gasteiger partial charge in [-0.15, -0.1) is 0 Å². The van der Waals surface area contributed by atoms with Gasteiger partial charge >= 0.3 is 0 Å². The van der Waals surface area contributed by atoms with Crippen molar-refractivity contribution >= 4 is 0 Å². The normalized spacial score (nSPS) is 14.8. The molecule has 16 heavy (non-hydrogen) atoms. The molecule has 0 bridgehead atoms. The maximum atomic E-state index is 5.12. The second kappa shape index (κ2) is 6.66. The molecule has 0 saturated carbocycles. The summed E-state index contributed by atoms with van der Waals surface area (Å²) in [6, 6.07) is 9.10. The lowest BCUT2D eigenvalue weighted by Crippen LogP contribution is -2.26. The lowest BCUT2D eigenvalue weighted by molar-refractivity contribution is 0.157. The van der Waals surface area contributed by atoms with E-state index < -0.39 is 0 Å². The molecule has 0 spiro atoms. The Hall–Kier alpha value is -0.860. The largest absolute Gasteiger partial charge is 0.384 e. The van der Waals surface area contributed by atoms with Crippen molar-refractivity contribution in [3.05, 3.63) is 35.4 Å². The first-order valence-electron chi connectivity index (χ1n) is 5.92. The highest BCUT2D eigenvalue weighted by atomic mass is 16.5. The van der Waals surface area contributed by atoms with Crippen LogP contribution in [0.25, 0.3) is 0 Å². The van der Waals surface area contributed by atoms with Crippen LogP contribution in [0.1, 0.15) is 31.0 Å². The molecule has 2 atom stereocenters. The summed E-state index contributed by atoms with van der Waals surface area (Å²) in [4.78, 5) is 0. The summed E-state index contributed by atoms with van der Waals surface area (Å²) in [5.74, 6) is 0.554. The zero-order valence-electron chi connectivity index (χ0n) is 10.8. The molecular weight excluding hydrogens is 198 g/mol. The minimum Gasteiger partial charge on any atom is -0.384 e. The van der Waals surface area contributed by atoms with Crippen molar-refractivity contribution in [1.82, 2.24) is 5.32 Å². The average molecular weight is 221 g/mol. The van der Waals surface area contributed by atoms with Gasteiger partial charge in [0.05, 0.1) is 0 Å². The fourth-order valence-corrected chi connectivity index (χ4v) is 1.69. The number of benzene rings is 1. The quantitative estimate of drug-likeness (QED) is 0.797. The Morgan fingerprint density at radius 1 is 1.19 bits per heavy atom. The van der Waals surface area contributed by atoms with Gasteiger partial charge < -0.3 is 10.1 Å². The predicted octanol–water partition coefficient (Wildman–Crippen LogP) is 2.93. The molecule has 1 aromatic carbocycles. The van der Waals surface area contributed by atoms with Crippen LogP contribution in [0.15, 0.2) is 24.3 Å². The molecule has 1 N–H and O–H groups in total. The van der Waals surface area contributed by atoms with Gasteiger partial charge in [-0.1, -0.05) is 36.8 Å². The van der Waals surface area contributed by atoms with Gasteiger partial charge in [-0.05, 0) is 25.3 Å². The van der Waals surface area contributed by atoms with E-state index in [1.807, 2.05) is 0 Å². The molecule has 0 radical (unpaired) electrons. The number of nitrogens with one attached hydrogen (secondary N) is 1. The van der Waals surface area contributed by atoms with Gasteiger partial charge in [0.2, 0.25) is 0 Å². The summed E-state index contributed by atoms with van der Waals surface area (Å²) in [5.41, 5.74) is 2.65. The van der Waals surface area contributed by atoms with E-state index in [-0.39, 0.29) is 0 Å². The van der Waals surface area contributed by atoms with Gasteiger partial charge in [-0.2, -0.15) is 0 Å². The van der Waals surface area contributed by atoms with Crippen molar-refractivity contribution < 1.29 is 4.74 Å². The van der Waals surface area contributed by atoms with E-state index in [0.29, 0.717) is 12.0 Å². The first-order valence-corrected chi connectivity index (χ1v) is 5.92. The Bertz CT molecular complexity index is 294. The van der Waals surface area contributed by atoms with Crippen LogP contribution >= 0.6 is 0 Å². The molecule has 2 nitrogen and oxygen atoms in total. The summed E-state index contributed by atoms with van der Waals surface area (Å²) in [5, 5.41) is 3.52. The average Bonchev–Trinajstić information content (AvgIpc) is 2.27. The molecule has 0 saturated heterocycles. The van der Waals surface area contributed by atoms with E-state index in [1.165, 1.54) is 11.1 Å². The lowest BCUT2D eigenvalue weighted by Gasteiger charge is -2.17. The van der Waals surface area contributed by atoms with Gasteiger partial charge in [0.15, 0.2) is 0 Å². The number of hydrogen-bond acceptors (Lipinski definition) is 2. The Morgan fingerprint density at radius 2 is 1.81 bits per heavy atom. The van der Waals surface area contributed by atoms with Crippen LogP contribution in [0.2, 0.25) is 0 Å². The molecule has 2 unspecified atom stereocenters. The predicted molar refractivity (Wildman–Crippen MR) is 68.6 cm³/mol. The maximum absolute atomic E-state index is 5.12. The molecule has 0 aliphatic rings. The zero-order valence-corrected chi connectivity index (χ0v) is 10.8. The van der Waals surface area contributed by atoms with Crippen molar-refractivity contribution in [3.8, 4) is 0 Å². The maximum Gasteiger partial charge on any atom is 0.0499 e. The first-order chi connectivity index (χ1) is 7.63. The van der Waals surface area contributed by atoms with Crippen molar-refractivity contribution in [1.29, 1.82) is 0 Å². The van der Waals surface area contributed by atoms with Gasteiger partial charge in [0, 0.05) is 26.3 Å². The molecular formula is C14H23NO. The Balaban J connectivity index is 2.40. The van der Waals surface area contributed by atoms with Crippen molar-refractivity contribution in [2.24, 2.45) is 5.92 Å². The second-order valence-corrected chi connectivity index (χ2v) is 4.60. The van der Waals surface area contributed by atoms with Crippen molar-refractivity contribution in [3.63, 3.8) is 0 Å². The van der Waals surface area contributed by atoms with E-state index in [1.54, 1.807) is 7.11 Å². The SMILES string of the molecule is COCC(C)CNC(C)c1ccc(C)cc1. The molecule has 2 heteroatoms. The lowest BCUT2D eigenvalue weighted by atomic mass is 10.1. The molecule has 0 aliphatic heterocycles. The number of rotatable bonds is 6. The Kier molecular flexibility index (Phi) is 5.50. The second-order valence-electron chi connectivity index (χ2n) is 4.60. The van der Waals surface area contributed by atoms with Crippen LogP contribution in [0.4, 0.5) is 0 Å². The van der Waals surface area contributed by atoms with Crippen molar-refractivity contribution in [2.75, 3.05) is 20.3 Å². The molecule has 0 amide bonds. The van der Waals surface area contributed by atoms with Crippen LogP contribution in [-0.4, -0.2) is 20.3 Å². The molecule has 0 aliphatic carbocycles. The minimum absolute atomic E-state index is 0.403. The highest BCUT2D eigenvalue weighted by molar-refractivity contribution is 5.23. The zero-order chi connectivity index (χ0) is 12.0. The summed E-state index contributed by atoms with van der Waals surface area (Å²) in [7, 11) is 1.75. The van der Waals surface area contributed by atoms with Gasteiger partial charge in [0.1, 0.15) is 0 Å². The molecule has 0 heterocycles. The minimum atomic E-state index is 0.403. The van der Waals surface area contributed by atoms with Crippen LogP contribution in [0.3, 0.4) is 0 Å². The number of ether oxygens (including phenoxy) is 1. The monoisotopic (exact) mass is 221 g/mol. The van der Waals surface area contributed by atoms with Crippen LogP contribution in [0.5, 0.6) is 0 Å². The number of methoxy groups -OCH3 is 1. The van der Waals surface area contributed by atoms with Crippen LogP contribution < -0.4 is 5.32 Å². The number of aryl methyl sites for hydroxylation is 1. The molecule has 90 valence electrons. The molecule has 1 aromatic rings. The highest BCUT2D eigenvalue weighted by Gasteiger charge is 2.06. The summed E-state index contributed by atoms with van der Waals surface area (Å²) in [6.07, 6.45) is 0. The highest BCUT2D eigenvalue weighted by Crippen LogP contribution is 2.13. The fourth-order valence-electron chi connectivity index (χ4n) is 1.69. The van der Waals surface area contributed by atoms with Crippen molar-refractivity contribution in [2.45, 2.75) is 26.8 Å². The van der Waals surface area contributed by atoms with E-state index in [2.05, 4.69) is 50.4 Å². The summed E-state index contributed by atoms with van der Waals surface area (Å²) in [6.45, 7) is 8.31. The van der Waals surface area contributed by atoms with E-state index in [4.69, 9.17) is 4.74 Å². The standard InChI is InChI=1S/C14H23NO/c1-11-5-7-14(8-6-11)13(3)15-9-12(2)10-16-4/h5-8,12-13,15H,9-10H2,1-4H3. The summed E-state index contributed by atoms with van der Waals surface area (Å²) >= 11 is 0. The van der Waals surface area contributed by atoms with Gasteiger partial charge in [0.25, 0.3) is 0 Å². The van der Waals surface area contributed by atoms with Crippen LogP contribution in [0, 0.1) is 12.8 Å². The molecule has 1 rings (SSSR count). The van der Waals surface area contributed by atoms with Crippen LogP contribution in [-0.2, 0) is 4.74 Å². The van der Waals surface area contributed by atoms with E-state index in [9.17, 15) is 0 Å². The van der Waals surface area contributed by atoms with Gasteiger partial charge in [-0.3, -0.25) is 0 Å². The molecule has 0 fully saturated rings. The van der Waals surface area contributed by atoms with E-state index in [0.717, 1.165) is 13.2 Å². The van der Waals surface area contributed by atoms with E-state index >= 15 is 0 Å². The fraction of sp³-hybridized carbons (Fsp3) is 0.571. The topological polar surface area (TPSA) is 21.3 Å². The third-order valence-electron chi connectivity index (χ3n) is 2.80. The third-order valence-corrected chi connectivity index (χ3v) is 2.80. The van der Waals surface area contributed by atoms with Gasteiger partial charge in [-0.25, -0.2) is 0 Å². The third kappa shape index (κ3) is 4.33. The Morgan fingerprint density at radius 3 is 2.38 bits per heavy atom.